The number of primary amides is 1. The number of amides is 1. The molecule has 1 saturated heterocycles. The number of H-pyrrole nitrogens is 1. The molecule has 1 aliphatic rings. The molecule has 13 heteroatoms. The predicted molar refractivity (Wildman–Crippen MR) is 148 cm³/mol. The minimum atomic E-state index is -0.679. The van der Waals surface area contributed by atoms with Gasteiger partial charge in [-0.15, -0.1) is 6.58 Å². The molecule has 0 aliphatic carbocycles. The highest BCUT2D eigenvalue weighted by Gasteiger charge is 2.26. The zero-order chi connectivity index (χ0) is 28.9. The third-order valence-corrected chi connectivity index (χ3v) is 6.85. The van der Waals surface area contributed by atoms with Gasteiger partial charge in [0.1, 0.15) is 33.6 Å². The van der Waals surface area contributed by atoms with Crippen LogP contribution >= 0.6 is 22.9 Å². The fourth-order valence-electron chi connectivity index (χ4n) is 3.48. The molecule has 1 fully saturated rings. The SMILES string of the molecule is C=CCO.CCOC(=O)c1sc(N2CCCCC2)nc1-c1ncccc1F.Cc1[nH]c(C(N)=O)c(C#N)c1Cl. The number of halogens is 2. The highest BCUT2D eigenvalue weighted by Crippen LogP contribution is 2.35. The van der Waals surface area contributed by atoms with E-state index in [2.05, 4.69) is 26.4 Å². The first kappa shape index (κ1) is 31.4. The van der Waals surface area contributed by atoms with Gasteiger partial charge in [0.2, 0.25) is 0 Å². The molecule has 0 atom stereocenters. The average Bonchev–Trinajstić information content (AvgIpc) is 3.51. The van der Waals surface area contributed by atoms with Crippen molar-refractivity contribution in [2.75, 3.05) is 31.2 Å². The van der Waals surface area contributed by atoms with E-state index in [1.165, 1.54) is 42.2 Å². The maximum Gasteiger partial charge on any atom is 0.350 e. The number of esters is 1. The number of hydrogen-bond acceptors (Lipinski definition) is 9. The van der Waals surface area contributed by atoms with Crippen molar-refractivity contribution in [1.29, 1.82) is 5.26 Å². The Kier molecular flexibility index (Phi) is 12.6. The van der Waals surface area contributed by atoms with Crippen LogP contribution in [0.15, 0.2) is 31.0 Å². The van der Waals surface area contributed by atoms with Crippen LogP contribution in [0.5, 0.6) is 0 Å². The van der Waals surface area contributed by atoms with Crippen molar-refractivity contribution in [3.05, 3.63) is 63.7 Å². The molecule has 0 spiro atoms. The van der Waals surface area contributed by atoms with Gasteiger partial charge in [0.25, 0.3) is 5.91 Å². The molecule has 39 heavy (non-hydrogen) atoms. The standard InChI is InChI=1S/C16H18FN3O2S.C7H6ClN3O.C3H6O/c1-2-22-15(21)14-13(12-11(17)7-6-8-18-12)19-16(23-14)20-9-4-3-5-10-20;1-3-5(8)4(2-9)6(11-3)7(10)12;1-2-3-4/h6-8H,2-5,9-10H2,1H3;11H,1H3,(H2,10,12);2,4H,1,3H2. The molecular formula is C26H30ClFN6O4S. The van der Waals surface area contributed by atoms with Crippen molar-refractivity contribution >= 4 is 39.9 Å². The van der Waals surface area contributed by atoms with Crippen LogP contribution in [0.2, 0.25) is 5.02 Å². The van der Waals surface area contributed by atoms with E-state index in [4.69, 9.17) is 32.4 Å². The lowest BCUT2D eigenvalue weighted by atomic mass is 10.1. The maximum atomic E-state index is 14.1. The normalized spacial score (nSPS) is 12.3. The van der Waals surface area contributed by atoms with E-state index >= 15 is 0 Å². The van der Waals surface area contributed by atoms with E-state index in [-0.39, 0.29) is 40.9 Å². The summed E-state index contributed by atoms with van der Waals surface area (Å²) < 4.78 is 19.2. The molecule has 0 bridgehead atoms. The Morgan fingerprint density at radius 1 is 1.38 bits per heavy atom. The minimum absolute atomic E-state index is 0.0694. The monoisotopic (exact) mass is 576 g/mol. The number of aliphatic hydroxyl groups is 1. The summed E-state index contributed by atoms with van der Waals surface area (Å²) in [6.07, 6.45) is 6.32. The van der Waals surface area contributed by atoms with Crippen molar-refractivity contribution in [2.45, 2.75) is 33.1 Å². The first-order valence-corrected chi connectivity index (χ1v) is 13.2. The summed E-state index contributed by atoms with van der Waals surface area (Å²) in [4.78, 5) is 36.6. The van der Waals surface area contributed by atoms with Gasteiger partial charge < -0.3 is 25.5 Å². The van der Waals surface area contributed by atoms with Gasteiger partial charge >= 0.3 is 5.97 Å². The van der Waals surface area contributed by atoms with E-state index in [9.17, 15) is 14.0 Å². The van der Waals surface area contributed by atoms with Crippen LogP contribution < -0.4 is 10.6 Å². The molecular weight excluding hydrogens is 547 g/mol. The number of nitrogens with zero attached hydrogens (tertiary/aromatic N) is 4. The summed E-state index contributed by atoms with van der Waals surface area (Å²) in [6.45, 7) is 8.79. The number of aromatic nitrogens is 3. The van der Waals surface area contributed by atoms with Gasteiger partial charge in [0, 0.05) is 25.0 Å². The van der Waals surface area contributed by atoms with Crippen molar-refractivity contribution in [2.24, 2.45) is 5.73 Å². The zero-order valence-corrected chi connectivity index (χ0v) is 23.2. The number of rotatable bonds is 6. The lowest BCUT2D eigenvalue weighted by Crippen LogP contribution is -2.29. The molecule has 1 aliphatic heterocycles. The number of anilines is 1. The van der Waals surface area contributed by atoms with E-state index in [1.54, 1.807) is 19.9 Å². The first-order chi connectivity index (χ1) is 18.7. The number of hydrogen-bond donors (Lipinski definition) is 3. The Labute approximate surface area is 234 Å². The van der Waals surface area contributed by atoms with Crippen molar-refractivity contribution < 1.29 is 23.8 Å². The second-order valence-corrected chi connectivity index (χ2v) is 9.39. The van der Waals surface area contributed by atoms with Crippen LogP contribution in [0, 0.1) is 24.1 Å². The first-order valence-electron chi connectivity index (χ1n) is 12.0. The lowest BCUT2D eigenvalue weighted by molar-refractivity contribution is 0.0532. The Hall–Kier alpha value is -3.79. The zero-order valence-electron chi connectivity index (χ0n) is 21.7. The van der Waals surface area contributed by atoms with Gasteiger partial charge in [-0.25, -0.2) is 14.2 Å². The van der Waals surface area contributed by atoms with Gasteiger partial charge in [0.15, 0.2) is 10.9 Å². The molecule has 0 unspecified atom stereocenters. The molecule has 3 aromatic rings. The van der Waals surface area contributed by atoms with Crippen LogP contribution in [0.4, 0.5) is 9.52 Å². The number of aryl methyl sites for hydroxylation is 1. The van der Waals surface area contributed by atoms with Crippen LogP contribution in [0.1, 0.15) is 57.6 Å². The average molecular weight is 577 g/mol. The summed E-state index contributed by atoms with van der Waals surface area (Å²) in [5, 5.41) is 17.3. The third-order valence-electron chi connectivity index (χ3n) is 5.28. The number of carbonyl (C=O) groups excluding carboxylic acids is 2. The molecule has 0 aromatic carbocycles. The van der Waals surface area contributed by atoms with Crippen molar-refractivity contribution in [3.8, 4) is 17.5 Å². The molecule has 10 nitrogen and oxygen atoms in total. The van der Waals surface area contributed by atoms with Crippen LogP contribution in [-0.4, -0.2) is 58.2 Å². The predicted octanol–water partition coefficient (Wildman–Crippen LogP) is 4.62. The molecule has 3 aromatic heterocycles. The van der Waals surface area contributed by atoms with E-state index in [1.807, 2.05) is 0 Å². The summed E-state index contributed by atoms with van der Waals surface area (Å²) in [5.74, 6) is -1.65. The Bertz CT molecular complexity index is 1330. The number of nitriles is 1. The summed E-state index contributed by atoms with van der Waals surface area (Å²) in [5.41, 5.74) is 6.11. The van der Waals surface area contributed by atoms with E-state index in [0.717, 1.165) is 31.1 Å². The lowest BCUT2D eigenvalue weighted by Gasteiger charge is -2.25. The number of ether oxygens (including phenoxy) is 1. The van der Waals surface area contributed by atoms with Crippen LogP contribution in [0.3, 0.4) is 0 Å². The molecule has 0 radical (unpaired) electrons. The molecule has 208 valence electrons. The van der Waals surface area contributed by atoms with Gasteiger partial charge in [-0.2, -0.15) is 5.26 Å². The molecule has 1 amide bonds. The molecule has 4 N–H and O–H groups in total. The Morgan fingerprint density at radius 3 is 2.56 bits per heavy atom. The van der Waals surface area contributed by atoms with Gasteiger partial charge in [-0.3, -0.25) is 9.78 Å². The van der Waals surface area contributed by atoms with Crippen LogP contribution in [-0.2, 0) is 4.74 Å². The maximum absolute atomic E-state index is 14.1. The second-order valence-electron chi connectivity index (χ2n) is 8.04. The molecule has 0 saturated carbocycles. The van der Waals surface area contributed by atoms with E-state index in [0.29, 0.717) is 10.6 Å². The summed E-state index contributed by atoms with van der Waals surface area (Å²) in [7, 11) is 0. The smallest absolute Gasteiger partial charge is 0.350 e. The van der Waals surface area contributed by atoms with E-state index < -0.39 is 17.7 Å². The minimum Gasteiger partial charge on any atom is -0.462 e. The molecule has 4 heterocycles. The largest absolute Gasteiger partial charge is 0.462 e. The summed E-state index contributed by atoms with van der Waals surface area (Å²) in [6, 6.07) is 4.63. The van der Waals surface area contributed by atoms with Gasteiger partial charge in [0.05, 0.1) is 18.2 Å². The number of aliphatic hydroxyl groups excluding tert-OH is 1. The second kappa shape index (κ2) is 15.6. The molecule has 4 rings (SSSR count). The number of nitrogens with two attached hydrogens (primary N) is 1. The van der Waals surface area contributed by atoms with Crippen LogP contribution in [0.25, 0.3) is 11.4 Å². The number of piperidine rings is 1. The Morgan fingerprint density at radius 2 is 2.05 bits per heavy atom. The number of pyridine rings is 1. The fraction of sp³-hybridized carbons (Fsp3) is 0.346. The Balaban J connectivity index is 0.000000279. The highest BCUT2D eigenvalue weighted by atomic mass is 35.5. The number of carbonyl (C=O) groups is 2. The quantitative estimate of drug-likeness (QED) is 0.283. The third kappa shape index (κ3) is 8.35. The number of thiazole rings is 1. The van der Waals surface area contributed by atoms with Crippen molar-refractivity contribution in [3.63, 3.8) is 0 Å². The van der Waals surface area contributed by atoms with Gasteiger partial charge in [-0.1, -0.05) is 29.0 Å². The fourth-order valence-corrected chi connectivity index (χ4v) is 4.67. The topological polar surface area (TPSA) is 158 Å². The van der Waals surface area contributed by atoms with Gasteiger partial charge in [-0.05, 0) is 45.2 Å². The number of aromatic amines is 1. The number of nitrogens with one attached hydrogen (secondary N) is 1. The highest BCUT2D eigenvalue weighted by molar-refractivity contribution is 7.17. The van der Waals surface area contributed by atoms with Crippen molar-refractivity contribution in [1.82, 2.24) is 15.0 Å². The summed E-state index contributed by atoms with van der Waals surface area (Å²) >= 11 is 6.95.